The van der Waals surface area contributed by atoms with Crippen LogP contribution in [0.4, 0.5) is 0 Å². The molecular formula is C19H30N2. The second kappa shape index (κ2) is 6.10. The van der Waals surface area contributed by atoms with E-state index in [9.17, 15) is 0 Å². The molecule has 2 heterocycles. The number of benzene rings is 1. The molecular weight excluding hydrogens is 256 g/mol. The molecule has 0 radical (unpaired) electrons. The second-order valence-electron chi connectivity index (χ2n) is 7.16. The average Bonchev–Trinajstić information content (AvgIpc) is 2.70. The summed E-state index contributed by atoms with van der Waals surface area (Å²) in [6.07, 6.45) is 5.53. The van der Waals surface area contributed by atoms with Gasteiger partial charge in [-0.15, -0.1) is 0 Å². The summed E-state index contributed by atoms with van der Waals surface area (Å²) in [6, 6.07) is 9.21. The Bertz CT molecular complexity index is 482. The van der Waals surface area contributed by atoms with Crippen molar-refractivity contribution in [1.82, 2.24) is 10.2 Å². The molecule has 2 aliphatic heterocycles. The molecule has 3 rings (SSSR count). The smallest absolute Gasteiger partial charge is 0.0349 e. The molecule has 116 valence electrons. The van der Waals surface area contributed by atoms with Crippen LogP contribution in [-0.4, -0.2) is 30.6 Å². The molecule has 2 heteroatoms. The van der Waals surface area contributed by atoms with Crippen molar-refractivity contribution >= 4 is 0 Å². The van der Waals surface area contributed by atoms with Gasteiger partial charge in [0.1, 0.15) is 0 Å². The van der Waals surface area contributed by atoms with Gasteiger partial charge in [-0.25, -0.2) is 0 Å². The number of nitrogens with one attached hydrogen (secondary N) is 1. The third-order valence-electron chi connectivity index (χ3n) is 5.92. The first-order chi connectivity index (χ1) is 10.1. The molecule has 21 heavy (non-hydrogen) atoms. The zero-order valence-corrected chi connectivity index (χ0v) is 14.0. The molecule has 1 N–H and O–H groups in total. The van der Waals surface area contributed by atoms with Crippen LogP contribution in [-0.2, 0) is 0 Å². The Morgan fingerprint density at radius 3 is 2.38 bits per heavy atom. The predicted molar refractivity (Wildman–Crippen MR) is 89.6 cm³/mol. The van der Waals surface area contributed by atoms with Crippen molar-refractivity contribution < 1.29 is 0 Å². The van der Waals surface area contributed by atoms with Crippen molar-refractivity contribution in [3.05, 3.63) is 34.9 Å². The van der Waals surface area contributed by atoms with Crippen LogP contribution < -0.4 is 5.32 Å². The molecule has 1 aromatic rings. The SMILES string of the molecule is CCNC(c1ccc(C)c(C)c1)C1CC2CCC(C1)N2C. The normalized spacial score (nSPS) is 30.6. The Balaban J connectivity index is 1.83. The van der Waals surface area contributed by atoms with E-state index in [0.29, 0.717) is 6.04 Å². The molecule has 0 saturated carbocycles. The van der Waals surface area contributed by atoms with Crippen LogP contribution >= 0.6 is 0 Å². The molecule has 1 aromatic carbocycles. The molecule has 0 spiro atoms. The van der Waals surface area contributed by atoms with Crippen molar-refractivity contribution in [3.63, 3.8) is 0 Å². The lowest BCUT2D eigenvalue weighted by molar-refractivity contribution is 0.113. The Kier molecular flexibility index (Phi) is 4.37. The fourth-order valence-electron chi connectivity index (χ4n) is 4.46. The number of aryl methyl sites for hydroxylation is 2. The number of fused-ring (bicyclic) bond motifs is 2. The van der Waals surface area contributed by atoms with Crippen molar-refractivity contribution in [3.8, 4) is 0 Å². The summed E-state index contributed by atoms with van der Waals surface area (Å²) < 4.78 is 0. The minimum absolute atomic E-state index is 0.533. The third kappa shape index (κ3) is 2.89. The minimum atomic E-state index is 0.533. The van der Waals surface area contributed by atoms with E-state index in [0.717, 1.165) is 24.5 Å². The number of rotatable bonds is 4. The van der Waals surface area contributed by atoms with Gasteiger partial charge in [0.05, 0.1) is 0 Å². The Morgan fingerprint density at radius 2 is 1.81 bits per heavy atom. The fourth-order valence-corrected chi connectivity index (χ4v) is 4.46. The van der Waals surface area contributed by atoms with E-state index in [1.807, 2.05) is 0 Å². The van der Waals surface area contributed by atoms with Crippen LogP contribution in [0.3, 0.4) is 0 Å². The van der Waals surface area contributed by atoms with Gasteiger partial charge in [0.25, 0.3) is 0 Å². The van der Waals surface area contributed by atoms with Gasteiger partial charge in [0, 0.05) is 18.1 Å². The first kappa shape index (κ1) is 15.1. The first-order valence-electron chi connectivity index (χ1n) is 8.62. The van der Waals surface area contributed by atoms with E-state index < -0.39 is 0 Å². The summed E-state index contributed by atoms with van der Waals surface area (Å²) in [5.74, 6) is 0.792. The maximum atomic E-state index is 3.78. The van der Waals surface area contributed by atoms with Gasteiger partial charge >= 0.3 is 0 Å². The summed E-state index contributed by atoms with van der Waals surface area (Å²) in [6.45, 7) is 7.73. The summed E-state index contributed by atoms with van der Waals surface area (Å²) in [5.41, 5.74) is 4.32. The first-order valence-corrected chi connectivity index (χ1v) is 8.62. The van der Waals surface area contributed by atoms with E-state index >= 15 is 0 Å². The Morgan fingerprint density at radius 1 is 1.14 bits per heavy atom. The number of nitrogens with zero attached hydrogens (tertiary/aromatic N) is 1. The van der Waals surface area contributed by atoms with Gasteiger partial charge in [-0.05, 0) is 75.7 Å². The highest BCUT2D eigenvalue weighted by atomic mass is 15.2. The summed E-state index contributed by atoms with van der Waals surface area (Å²) >= 11 is 0. The van der Waals surface area contributed by atoms with Crippen molar-refractivity contribution in [2.24, 2.45) is 5.92 Å². The number of hydrogen-bond acceptors (Lipinski definition) is 2. The number of piperidine rings is 1. The highest BCUT2D eigenvalue weighted by Gasteiger charge is 2.41. The second-order valence-corrected chi connectivity index (χ2v) is 7.16. The van der Waals surface area contributed by atoms with E-state index in [1.165, 1.54) is 42.4 Å². The van der Waals surface area contributed by atoms with Gasteiger partial charge < -0.3 is 10.2 Å². The van der Waals surface area contributed by atoms with Gasteiger partial charge in [0.15, 0.2) is 0 Å². The third-order valence-corrected chi connectivity index (χ3v) is 5.92. The Hall–Kier alpha value is -0.860. The summed E-state index contributed by atoms with van der Waals surface area (Å²) in [4.78, 5) is 2.64. The van der Waals surface area contributed by atoms with Crippen LogP contribution in [0.25, 0.3) is 0 Å². The van der Waals surface area contributed by atoms with Gasteiger partial charge in [0.2, 0.25) is 0 Å². The van der Waals surface area contributed by atoms with Crippen molar-refractivity contribution in [2.45, 2.75) is 64.6 Å². The molecule has 3 unspecified atom stereocenters. The summed E-state index contributed by atoms with van der Waals surface area (Å²) in [7, 11) is 2.33. The molecule has 0 aromatic heterocycles. The molecule has 0 amide bonds. The highest BCUT2D eigenvalue weighted by Crippen LogP contribution is 2.42. The monoisotopic (exact) mass is 286 g/mol. The molecule has 3 atom stereocenters. The van der Waals surface area contributed by atoms with Crippen LogP contribution in [0.2, 0.25) is 0 Å². The molecule has 2 bridgehead atoms. The lowest BCUT2D eigenvalue weighted by Gasteiger charge is -2.40. The lowest BCUT2D eigenvalue weighted by atomic mass is 9.81. The maximum Gasteiger partial charge on any atom is 0.0349 e. The summed E-state index contributed by atoms with van der Waals surface area (Å²) in [5, 5.41) is 3.78. The van der Waals surface area contributed by atoms with Crippen molar-refractivity contribution in [1.29, 1.82) is 0 Å². The predicted octanol–water partition coefficient (Wildman–Crippen LogP) is 3.83. The minimum Gasteiger partial charge on any atom is -0.310 e. The molecule has 2 aliphatic rings. The molecule has 2 saturated heterocycles. The maximum absolute atomic E-state index is 3.78. The zero-order chi connectivity index (χ0) is 15.0. The quantitative estimate of drug-likeness (QED) is 0.905. The molecule has 2 nitrogen and oxygen atoms in total. The average molecular weight is 286 g/mol. The highest BCUT2D eigenvalue weighted by molar-refractivity contribution is 5.32. The van der Waals surface area contributed by atoms with Crippen LogP contribution in [0.15, 0.2) is 18.2 Å². The van der Waals surface area contributed by atoms with Crippen LogP contribution in [0.1, 0.15) is 55.3 Å². The zero-order valence-electron chi connectivity index (χ0n) is 14.0. The van der Waals surface area contributed by atoms with E-state index in [2.05, 4.69) is 56.2 Å². The van der Waals surface area contributed by atoms with Gasteiger partial charge in [-0.3, -0.25) is 0 Å². The Labute approximate surface area is 129 Å². The topological polar surface area (TPSA) is 15.3 Å². The van der Waals surface area contributed by atoms with E-state index in [1.54, 1.807) is 0 Å². The standard InChI is InChI=1S/C19H30N2/c1-5-20-19(15-7-6-13(2)14(3)10-15)16-11-17-8-9-18(12-16)21(17)4/h6-7,10,16-20H,5,8-9,11-12H2,1-4H3. The lowest BCUT2D eigenvalue weighted by Crippen LogP contribution is -2.43. The number of hydrogen-bond donors (Lipinski definition) is 1. The van der Waals surface area contributed by atoms with E-state index in [4.69, 9.17) is 0 Å². The van der Waals surface area contributed by atoms with Gasteiger partial charge in [-0.2, -0.15) is 0 Å². The van der Waals surface area contributed by atoms with Gasteiger partial charge in [-0.1, -0.05) is 25.1 Å². The largest absolute Gasteiger partial charge is 0.310 e. The van der Waals surface area contributed by atoms with Crippen LogP contribution in [0, 0.1) is 19.8 Å². The van der Waals surface area contributed by atoms with Crippen LogP contribution in [0.5, 0.6) is 0 Å². The molecule has 0 aliphatic carbocycles. The fraction of sp³-hybridized carbons (Fsp3) is 0.684. The van der Waals surface area contributed by atoms with Crippen molar-refractivity contribution in [2.75, 3.05) is 13.6 Å². The van der Waals surface area contributed by atoms with E-state index in [-0.39, 0.29) is 0 Å². The molecule has 2 fully saturated rings.